The fourth-order valence-corrected chi connectivity index (χ4v) is 3.43. The van der Waals surface area contributed by atoms with Gasteiger partial charge in [0.1, 0.15) is 6.61 Å². The van der Waals surface area contributed by atoms with Gasteiger partial charge in [-0.25, -0.2) is 0 Å². The van der Waals surface area contributed by atoms with Gasteiger partial charge in [-0.1, -0.05) is 42.5 Å². The summed E-state index contributed by atoms with van der Waals surface area (Å²) in [7, 11) is 0. The van der Waals surface area contributed by atoms with Crippen LogP contribution in [0.3, 0.4) is 0 Å². The van der Waals surface area contributed by atoms with E-state index in [1.165, 1.54) is 0 Å². The van der Waals surface area contributed by atoms with E-state index >= 15 is 0 Å². The second-order valence-electron chi connectivity index (χ2n) is 6.69. The Labute approximate surface area is 148 Å². The van der Waals surface area contributed by atoms with E-state index in [4.69, 9.17) is 9.47 Å². The Morgan fingerprint density at radius 1 is 0.960 bits per heavy atom. The van der Waals surface area contributed by atoms with E-state index in [0.717, 1.165) is 43.0 Å². The third-order valence-electron chi connectivity index (χ3n) is 4.98. The van der Waals surface area contributed by atoms with Crippen molar-refractivity contribution in [3.8, 4) is 11.5 Å². The van der Waals surface area contributed by atoms with Crippen molar-refractivity contribution in [3.05, 3.63) is 72.4 Å². The molecule has 0 radical (unpaired) electrons. The Morgan fingerprint density at radius 3 is 2.40 bits per heavy atom. The molecule has 0 spiro atoms. The maximum absolute atomic E-state index is 10.9. The Balaban J connectivity index is 1.34. The van der Waals surface area contributed by atoms with Crippen LogP contribution in [0.2, 0.25) is 0 Å². The van der Waals surface area contributed by atoms with Gasteiger partial charge in [0, 0.05) is 13.1 Å². The Hall–Kier alpha value is -2.46. The standard InChI is InChI=1S/C21H23NO3/c23-21(17-6-2-1-3-7-17)11-14-22(15-12-21)13-10-18-16-24-19-8-4-5-9-20(19)25-18/h1-10,13,18,23H,11-12,14-16H2. The Morgan fingerprint density at radius 2 is 1.64 bits per heavy atom. The molecule has 1 N–H and O–H groups in total. The molecular weight excluding hydrogens is 314 g/mol. The number of benzene rings is 2. The third kappa shape index (κ3) is 3.49. The van der Waals surface area contributed by atoms with Crippen LogP contribution in [0.5, 0.6) is 11.5 Å². The highest BCUT2D eigenvalue weighted by Gasteiger charge is 2.33. The first-order chi connectivity index (χ1) is 12.2. The summed E-state index contributed by atoms with van der Waals surface area (Å²) in [5.74, 6) is 1.60. The van der Waals surface area contributed by atoms with Crippen LogP contribution in [0.1, 0.15) is 18.4 Å². The summed E-state index contributed by atoms with van der Waals surface area (Å²) in [6, 6.07) is 17.7. The fourth-order valence-electron chi connectivity index (χ4n) is 3.43. The predicted molar refractivity (Wildman–Crippen MR) is 96.6 cm³/mol. The molecule has 2 aromatic rings. The van der Waals surface area contributed by atoms with Crippen molar-refractivity contribution in [1.29, 1.82) is 0 Å². The number of ether oxygens (including phenoxy) is 2. The molecule has 25 heavy (non-hydrogen) atoms. The van der Waals surface area contributed by atoms with Gasteiger partial charge in [0.05, 0.1) is 5.60 Å². The quantitative estimate of drug-likeness (QED) is 0.933. The zero-order chi connectivity index (χ0) is 17.1. The van der Waals surface area contributed by atoms with E-state index in [9.17, 15) is 5.11 Å². The minimum atomic E-state index is -0.713. The van der Waals surface area contributed by atoms with Crippen molar-refractivity contribution >= 4 is 0 Å². The number of hydrogen-bond donors (Lipinski definition) is 1. The molecule has 4 nitrogen and oxygen atoms in total. The second kappa shape index (κ2) is 6.81. The van der Waals surface area contributed by atoms with Gasteiger partial charge in [0.15, 0.2) is 17.6 Å². The second-order valence-corrected chi connectivity index (χ2v) is 6.69. The van der Waals surface area contributed by atoms with E-state index < -0.39 is 5.60 Å². The van der Waals surface area contributed by atoms with Gasteiger partial charge in [-0.15, -0.1) is 0 Å². The first kappa shape index (κ1) is 16.0. The summed E-state index contributed by atoms with van der Waals surface area (Å²) in [6.45, 7) is 2.17. The maximum atomic E-state index is 10.9. The highest BCUT2D eigenvalue weighted by atomic mass is 16.6. The van der Waals surface area contributed by atoms with Crippen LogP contribution in [0, 0.1) is 0 Å². The SMILES string of the molecule is OC1(c2ccccc2)CCN(C=CC2COc3ccccc3O2)CC1. The van der Waals surface area contributed by atoms with Crippen molar-refractivity contribution in [2.45, 2.75) is 24.5 Å². The molecule has 1 saturated heterocycles. The van der Waals surface area contributed by atoms with Gasteiger partial charge in [0.25, 0.3) is 0 Å². The normalized spacial score (nSPS) is 22.1. The van der Waals surface area contributed by atoms with Crippen molar-refractivity contribution < 1.29 is 14.6 Å². The molecule has 0 amide bonds. The smallest absolute Gasteiger partial charge is 0.162 e. The van der Waals surface area contributed by atoms with E-state index in [1.807, 2.05) is 60.7 Å². The highest BCUT2D eigenvalue weighted by Crippen LogP contribution is 2.33. The van der Waals surface area contributed by atoms with Crippen molar-refractivity contribution in [2.75, 3.05) is 19.7 Å². The summed E-state index contributed by atoms with van der Waals surface area (Å²) in [5.41, 5.74) is 0.300. The van der Waals surface area contributed by atoms with E-state index in [-0.39, 0.29) is 6.10 Å². The Bertz CT molecular complexity index is 736. The monoisotopic (exact) mass is 337 g/mol. The molecule has 4 heteroatoms. The maximum Gasteiger partial charge on any atom is 0.162 e. The van der Waals surface area contributed by atoms with Crippen LogP contribution in [-0.4, -0.2) is 35.8 Å². The van der Waals surface area contributed by atoms with Gasteiger partial charge in [0.2, 0.25) is 0 Å². The number of para-hydroxylation sites is 2. The zero-order valence-corrected chi connectivity index (χ0v) is 14.2. The average molecular weight is 337 g/mol. The third-order valence-corrected chi connectivity index (χ3v) is 4.98. The lowest BCUT2D eigenvalue weighted by atomic mass is 9.84. The van der Waals surface area contributed by atoms with Crippen LogP contribution in [0.4, 0.5) is 0 Å². The molecule has 130 valence electrons. The fraction of sp³-hybridized carbons (Fsp3) is 0.333. The average Bonchev–Trinajstić information content (AvgIpc) is 2.68. The highest BCUT2D eigenvalue weighted by molar-refractivity contribution is 5.41. The lowest BCUT2D eigenvalue weighted by Crippen LogP contribution is -2.40. The van der Waals surface area contributed by atoms with Crippen LogP contribution in [0.15, 0.2) is 66.9 Å². The topological polar surface area (TPSA) is 41.9 Å². The molecule has 2 aliphatic rings. The number of rotatable bonds is 3. The number of aliphatic hydroxyl groups is 1. The number of piperidine rings is 1. The largest absolute Gasteiger partial charge is 0.485 e. The Kier molecular flexibility index (Phi) is 4.36. The molecule has 0 aromatic heterocycles. The van der Waals surface area contributed by atoms with Gasteiger partial charge in [-0.3, -0.25) is 0 Å². The van der Waals surface area contributed by atoms with Gasteiger partial charge in [-0.2, -0.15) is 0 Å². The van der Waals surface area contributed by atoms with Crippen LogP contribution < -0.4 is 9.47 Å². The molecular formula is C21H23NO3. The lowest BCUT2D eigenvalue weighted by molar-refractivity contribution is -0.0163. The molecule has 4 rings (SSSR count). The zero-order valence-electron chi connectivity index (χ0n) is 14.2. The summed E-state index contributed by atoms with van der Waals surface area (Å²) >= 11 is 0. The molecule has 0 bridgehead atoms. The number of hydrogen-bond acceptors (Lipinski definition) is 4. The van der Waals surface area contributed by atoms with E-state index in [2.05, 4.69) is 11.1 Å². The van der Waals surface area contributed by atoms with Crippen LogP contribution >= 0.6 is 0 Å². The van der Waals surface area contributed by atoms with Gasteiger partial charge in [-0.05, 0) is 42.8 Å². The van der Waals surface area contributed by atoms with Crippen molar-refractivity contribution in [3.63, 3.8) is 0 Å². The predicted octanol–water partition coefficient (Wildman–Crippen LogP) is 3.32. The molecule has 0 aliphatic carbocycles. The van der Waals surface area contributed by atoms with Crippen molar-refractivity contribution in [1.82, 2.24) is 4.90 Å². The number of fused-ring (bicyclic) bond motifs is 1. The van der Waals surface area contributed by atoms with Gasteiger partial charge >= 0.3 is 0 Å². The molecule has 0 saturated carbocycles. The molecule has 2 aliphatic heterocycles. The molecule has 1 unspecified atom stereocenters. The molecule has 1 atom stereocenters. The molecule has 2 aromatic carbocycles. The number of likely N-dealkylation sites (tertiary alicyclic amines) is 1. The first-order valence-corrected chi connectivity index (χ1v) is 8.82. The number of nitrogens with zero attached hydrogens (tertiary/aromatic N) is 1. The molecule has 2 heterocycles. The van der Waals surface area contributed by atoms with E-state index in [1.54, 1.807) is 0 Å². The van der Waals surface area contributed by atoms with Crippen molar-refractivity contribution in [2.24, 2.45) is 0 Å². The summed E-state index contributed by atoms with van der Waals surface area (Å²) < 4.78 is 11.7. The first-order valence-electron chi connectivity index (χ1n) is 8.82. The minimum Gasteiger partial charge on any atom is -0.485 e. The summed E-state index contributed by atoms with van der Waals surface area (Å²) in [5, 5.41) is 10.9. The van der Waals surface area contributed by atoms with Crippen LogP contribution in [0.25, 0.3) is 0 Å². The summed E-state index contributed by atoms with van der Waals surface area (Å²) in [6.07, 6.45) is 5.50. The lowest BCUT2D eigenvalue weighted by Gasteiger charge is -2.38. The minimum absolute atomic E-state index is 0.0789. The molecule has 1 fully saturated rings. The van der Waals surface area contributed by atoms with Gasteiger partial charge < -0.3 is 19.5 Å². The summed E-state index contributed by atoms with van der Waals surface area (Å²) in [4.78, 5) is 2.24. The van der Waals surface area contributed by atoms with Crippen LogP contribution in [-0.2, 0) is 5.60 Å². The van der Waals surface area contributed by atoms with E-state index in [0.29, 0.717) is 6.61 Å².